The van der Waals surface area contributed by atoms with Crippen LogP contribution in [0.1, 0.15) is 60.3 Å². The summed E-state index contributed by atoms with van der Waals surface area (Å²) in [6.07, 6.45) is 7.35. The number of allylic oxidation sites excluding steroid dienone is 1. The van der Waals surface area contributed by atoms with Crippen LogP contribution in [0.3, 0.4) is 0 Å². The zero-order valence-corrected chi connectivity index (χ0v) is 18.8. The first-order chi connectivity index (χ1) is 13.2. The van der Waals surface area contributed by atoms with Crippen LogP contribution in [0, 0.1) is 51.8 Å². The summed E-state index contributed by atoms with van der Waals surface area (Å²) in [4.78, 5) is 26.1. The zero-order chi connectivity index (χ0) is 20.5. The molecule has 0 spiro atoms. The van der Waals surface area contributed by atoms with E-state index < -0.39 is 16.8 Å². The second-order valence-corrected chi connectivity index (χ2v) is 11.9. The van der Waals surface area contributed by atoms with E-state index in [-0.39, 0.29) is 23.2 Å². The van der Waals surface area contributed by atoms with Crippen LogP contribution in [0.15, 0.2) is 11.6 Å². The highest BCUT2D eigenvalue weighted by Crippen LogP contribution is 2.83. The largest absolute Gasteiger partial charge is 0.481 e. The van der Waals surface area contributed by atoms with E-state index in [1.165, 1.54) is 0 Å². The maximum atomic E-state index is 13.2. The normalized spacial score (nSPS) is 46.2. The zero-order valence-electron chi connectivity index (χ0n) is 18.0. The van der Waals surface area contributed by atoms with Gasteiger partial charge in [0, 0.05) is 11.2 Å². The molecule has 0 amide bonds. The van der Waals surface area contributed by atoms with Crippen molar-refractivity contribution in [2.24, 2.45) is 51.8 Å². The number of thioether (sulfide) groups is 1. The topological polar surface area (TPSA) is 54.4 Å². The number of carbonyl (C=O) groups excluding carboxylic acids is 1. The molecule has 3 nitrogen and oxygen atoms in total. The molecular weight excluding hydrogens is 368 g/mol. The van der Waals surface area contributed by atoms with Gasteiger partial charge in [-0.3, -0.25) is 4.79 Å². The first kappa shape index (κ1) is 20.5. The van der Waals surface area contributed by atoms with Crippen LogP contribution >= 0.6 is 11.8 Å². The van der Waals surface area contributed by atoms with Gasteiger partial charge in [0.05, 0.1) is 5.41 Å². The van der Waals surface area contributed by atoms with Gasteiger partial charge in [0.2, 0.25) is 0 Å². The van der Waals surface area contributed by atoms with Crippen LogP contribution < -0.4 is 0 Å². The molecule has 0 radical (unpaired) electrons. The third kappa shape index (κ3) is 2.19. The predicted octanol–water partition coefficient (Wildman–Crippen LogP) is 5.30. The highest BCUT2D eigenvalue weighted by molar-refractivity contribution is 7.99. The maximum Gasteiger partial charge on any atom is 0.315 e. The fourth-order valence-electron chi connectivity index (χ4n) is 8.11. The Kier molecular flexibility index (Phi) is 4.85. The van der Waals surface area contributed by atoms with E-state index in [0.717, 1.165) is 49.0 Å². The fourth-order valence-corrected chi connectivity index (χ4v) is 9.61. The predicted molar refractivity (Wildman–Crippen MR) is 114 cm³/mol. The van der Waals surface area contributed by atoms with Crippen molar-refractivity contribution in [3.8, 4) is 0 Å². The molecule has 1 N–H and O–H groups in total. The van der Waals surface area contributed by atoms with E-state index in [0.29, 0.717) is 17.8 Å². The molecule has 4 rings (SSSR count). The number of carboxylic acids is 1. The molecule has 0 aliphatic heterocycles. The monoisotopic (exact) mass is 404 g/mol. The van der Waals surface area contributed by atoms with Crippen molar-refractivity contribution in [3.63, 3.8) is 0 Å². The molecule has 0 saturated heterocycles. The van der Waals surface area contributed by atoms with Gasteiger partial charge in [-0.25, -0.2) is 0 Å². The SMILES string of the molecule is CC(C)CSCC12CC3C(C)CCC3C3(C=O)CC1C=C(C(C)C)C32C(=O)O. The molecule has 4 heteroatoms. The fraction of sp³-hybridized carbons (Fsp3) is 0.833. The summed E-state index contributed by atoms with van der Waals surface area (Å²) < 4.78 is 0. The van der Waals surface area contributed by atoms with Crippen molar-refractivity contribution < 1.29 is 14.7 Å². The van der Waals surface area contributed by atoms with Gasteiger partial charge in [0.15, 0.2) is 0 Å². The second kappa shape index (κ2) is 6.62. The van der Waals surface area contributed by atoms with E-state index in [4.69, 9.17) is 0 Å². The number of carboxylic acid groups (broad SMARTS) is 1. The summed E-state index contributed by atoms with van der Waals surface area (Å²) in [7, 11) is 0. The molecule has 0 aromatic rings. The number of aliphatic carboxylic acids is 1. The Morgan fingerprint density at radius 1 is 1.29 bits per heavy atom. The highest BCUT2D eigenvalue weighted by atomic mass is 32.2. The summed E-state index contributed by atoms with van der Waals surface area (Å²) in [6, 6.07) is 0. The lowest BCUT2D eigenvalue weighted by molar-refractivity contribution is -0.177. The van der Waals surface area contributed by atoms with Gasteiger partial charge in [0.1, 0.15) is 11.7 Å². The first-order valence-corrected chi connectivity index (χ1v) is 12.3. The van der Waals surface area contributed by atoms with Gasteiger partial charge in [-0.2, -0.15) is 11.8 Å². The summed E-state index contributed by atoms with van der Waals surface area (Å²) in [6.45, 7) is 11.0. The maximum absolute atomic E-state index is 13.2. The lowest BCUT2D eigenvalue weighted by atomic mass is 9.43. The van der Waals surface area contributed by atoms with Gasteiger partial charge < -0.3 is 9.90 Å². The van der Waals surface area contributed by atoms with E-state index in [1.54, 1.807) is 0 Å². The van der Waals surface area contributed by atoms with E-state index in [9.17, 15) is 14.7 Å². The minimum absolute atomic E-state index is 0.172. The number of carbonyl (C=O) groups is 2. The molecular formula is C24H36O3S. The van der Waals surface area contributed by atoms with Crippen LogP contribution in [0.25, 0.3) is 0 Å². The van der Waals surface area contributed by atoms with E-state index in [2.05, 4.69) is 40.7 Å². The Bertz CT molecular complexity index is 713. The standard InChI is InChI=1S/C24H36O3S/c1-14(2)11-28-13-23-10-18-16(5)6-7-19(18)22(12-25)9-17(23)8-20(15(3)4)24(22,23)21(26)27/h8,12,14-19H,6-7,9-11,13H2,1-5H3,(H,26,27). The number of rotatable bonds is 7. The Labute approximate surface area is 174 Å². The summed E-state index contributed by atoms with van der Waals surface area (Å²) in [5, 5.41) is 10.9. The van der Waals surface area contributed by atoms with Crippen LogP contribution in [-0.2, 0) is 9.59 Å². The smallest absolute Gasteiger partial charge is 0.315 e. The Hall–Kier alpha value is -0.770. The minimum atomic E-state index is -0.990. The lowest BCUT2D eigenvalue weighted by Crippen LogP contribution is -2.63. The summed E-state index contributed by atoms with van der Waals surface area (Å²) in [5.41, 5.74) is -0.926. The van der Waals surface area contributed by atoms with Gasteiger partial charge in [0.25, 0.3) is 0 Å². The second-order valence-electron chi connectivity index (χ2n) is 10.9. The van der Waals surface area contributed by atoms with Gasteiger partial charge in [-0.15, -0.1) is 0 Å². The van der Waals surface area contributed by atoms with Gasteiger partial charge in [-0.1, -0.05) is 52.7 Å². The number of hydrogen-bond acceptors (Lipinski definition) is 3. The lowest BCUT2D eigenvalue weighted by Gasteiger charge is -2.58. The van der Waals surface area contributed by atoms with Gasteiger partial charge in [-0.05, 0) is 60.5 Å². The van der Waals surface area contributed by atoms with E-state index in [1.807, 2.05) is 11.8 Å². The van der Waals surface area contributed by atoms with Crippen LogP contribution in [-0.4, -0.2) is 28.9 Å². The molecule has 7 atom stereocenters. The van der Waals surface area contributed by atoms with Crippen LogP contribution in [0.5, 0.6) is 0 Å². The van der Waals surface area contributed by atoms with Crippen LogP contribution in [0.2, 0.25) is 0 Å². The molecule has 4 bridgehead atoms. The molecule has 7 unspecified atom stereocenters. The quantitative estimate of drug-likeness (QED) is 0.462. The average Bonchev–Trinajstić information content (AvgIpc) is 3.18. The van der Waals surface area contributed by atoms with Gasteiger partial charge >= 0.3 is 5.97 Å². The number of aldehydes is 1. The summed E-state index contributed by atoms with van der Waals surface area (Å²) >= 11 is 1.93. The molecule has 4 aliphatic carbocycles. The average molecular weight is 405 g/mol. The molecule has 3 saturated carbocycles. The van der Waals surface area contributed by atoms with Crippen molar-refractivity contribution >= 4 is 24.0 Å². The first-order valence-electron chi connectivity index (χ1n) is 11.2. The Morgan fingerprint density at radius 3 is 2.57 bits per heavy atom. The molecule has 0 aromatic carbocycles. The Balaban J connectivity index is 1.90. The Morgan fingerprint density at radius 2 is 2.00 bits per heavy atom. The van der Waals surface area contributed by atoms with Crippen molar-refractivity contribution in [3.05, 3.63) is 11.6 Å². The van der Waals surface area contributed by atoms with Crippen molar-refractivity contribution in [2.45, 2.75) is 60.3 Å². The molecule has 156 valence electrons. The molecule has 28 heavy (non-hydrogen) atoms. The molecule has 0 heterocycles. The molecule has 4 aliphatic rings. The third-order valence-corrected chi connectivity index (χ3v) is 10.6. The van der Waals surface area contributed by atoms with Crippen LogP contribution in [0.4, 0.5) is 0 Å². The molecule has 0 aromatic heterocycles. The van der Waals surface area contributed by atoms with Crippen molar-refractivity contribution in [2.75, 3.05) is 11.5 Å². The minimum Gasteiger partial charge on any atom is -0.481 e. The summed E-state index contributed by atoms with van der Waals surface area (Å²) in [5.74, 6) is 3.56. The van der Waals surface area contributed by atoms with E-state index >= 15 is 0 Å². The molecule has 3 fully saturated rings. The highest BCUT2D eigenvalue weighted by Gasteiger charge is 2.84. The third-order valence-electron chi connectivity index (χ3n) is 8.93. The van der Waals surface area contributed by atoms with Crippen molar-refractivity contribution in [1.82, 2.24) is 0 Å². The number of hydrogen-bond donors (Lipinski definition) is 1. The van der Waals surface area contributed by atoms with Crippen molar-refractivity contribution in [1.29, 1.82) is 0 Å². The number of fused-ring (bicyclic) bond motifs is 2.